The number of rotatable bonds is 6. The van der Waals surface area contributed by atoms with Gasteiger partial charge in [-0.1, -0.05) is 59.6 Å². The van der Waals surface area contributed by atoms with Gasteiger partial charge in [0.25, 0.3) is 0 Å². The molecule has 3 rings (SSSR count). The van der Waals surface area contributed by atoms with Gasteiger partial charge in [-0.25, -0.2) is 0 Å². The molecule has 0 radical (unpaired) electrons. The summed E-state index contributed by atoms with van der Waals surface area (Å²) in [6, 6.07) is 22.0. The van der Waals surface area contributed by atoms with Crippen molar-refractivity contribution in [2.24, 2.45) is 0 Å². The fourth-order valence-electron chi connectivity index (χ4n) is 2.88. The first-order valence-electron chi connectivity index (χ1n) is 8.92. The summed E-state index contributed by atoms with van der Waals surface area (Å²) in [6.07, 6.45) is 1.68. The SMILES string of the molecule is COc1cc(C=C(C#N)c2ccccc2Cl)cc(Cl)c1OCc1ccccc1C#N. The van der Waals surface area contributed by atoms with E-state index in [1.165, 1.54) is 7.11 Å². The number of halogens is 2. The first-order valence-corrected chi connectivity index (χ1v) is 9.68. The van der Waals surface area contributed by atoms with Crippen LogP contribution in [0.15, 0.2) is 60.7 Å². The molecule has 0 fully saturated rings. The van der Waals surface area contributed by atoms with Crippen molar-refractivity contribution >= 4 is 34.9 Å². The lowest BCUT2D eigenvalue weighted by molar-refractivity contribution is 0.284. The van der Waals surface area contributed by atoms with Crippen molar-refractivity contribution in [2.45, 2.75) is 6.61 Å². The molecule has 0 spiro atoms. The van der Waals surface area contributed by atoms with E-state index in [0.717, 1.165) is 5.56 Å². The minimum absolute atomic E-state index is 0.165. The molecular formula is C24H16Cl2N2O2. The zero-order valence-corrected chi connectivity index (χ0v) is 17.5. The van der Waals surface area contributed by atoms with Crippen LogP contribution in [0.4, 0.5) is 0 Å². The molecule has 148 valence electrons. The van der Waals surface area contributed by atoms with Gasteiger partial charge >= 0.3 is 0 Å². The van der Waals surface area contributed by atoms with Gasteiger partial charge in [-0.3, -0.25) is 0 Å². The minimum atomic E-state index is 0.165. The number of hydrogen-bond acceptors (Lipinski definition) is 4. The number of ether oxygens (including phenoxy) is 2. The topological polar surface area (TPSA) is 66.0 Å². The van der Waals surface area contributed by atoms with Crippen molar-refractivity contribution in [3.8, 4) is 23.6 Å². The maximum atomic E-state index is 9.58. The van der Waals surface area contributed by atoms with Crippen LogP contribution in [0, 0.1) is 22.7 Å². The highest BCUT2D eigenvalue weighted by molar-refractivity contribution is 6.33. The van der Waals surface area contributed by atoms with Gasteiger partial charge in [-0.2, -0.15) is 10.5 Å². The van der Waals surface area contributed by atoms with E-state index in [9.17, 15) is 10.5 Å². The first-order chi connectivity index (χ1) is 14.6. The van der Waals surface area contributed by atoms with Gasteiger partial charge < -0.3 is 9.47 Å². The Morgan fingerprint density at radius 1 is 1.00 bits per heavy atom. The van der Waals surface area contributed by atoms with E-state index in [4.69, 9.17) is 32.7 Å². The second kappa shape index (κ2) is 9.85. The molecule has 3 aromatic rings. The van der Waals surface area contributed by atoms with Crippen LogP contribution in [0.25, 0.3) is 11.6 Å². The van der Waals surface area contributed by atoms with Gasteiger partial charge in [-0.15, -0.1) is 0 Å². The Morgan fingerprint density at radius 3 is 2.43 bits per heavy atom. The monoisotopic (exact) mass is 434 g/mol. The van der Waals surface area contributed by atoms with Crippen LogP contribution in [0.1, 0.15) is 22.3 Å². The Labute approximate surface area is 185 Å². The Balaban J connectivity index is 1.93. The fraction of sp³-hybridized carbons (Fsp3) is 0.0833. The summed E-state index contributed by atoms with van der Waals surface area (Å²) in [5, 5.41) is 19.6. The van der Waals surface area contributed by atoms with Crippen molar-refractivity contribution < 1.29 is 9.47 Å². The molecule has 0 heterocycles. The summed E-state index contributed by atoms with van der Waals surface area (Å²) in [5.41, 5.74) is 2.97. The van der Waals surface area contributed by atoms with Crippen LogP contribution in [-0.2, 0) is 6.61 Å². The molecule has 0 atom stereocenters. The van der Waals surface area contributed by atoms with E-state index in [2.05, 4.69) is 12.1 Å². The molecule has 0 aliphatic rings. The standard InChI is InChI=1S/C24H16Cl2N2O2/c1-29-23-12-16(10-19(14-28)20-8-4-5-9-21(20)25)11-22(26)24(23)30-15-18-7-3-2-6-17(18)13-27/h2-12H,15H2,1H3. The predicted molar refractivity (Wildman–Crippen MR) is 118 cm³/mol. The van der Waals surface area contributed by atoms with Gasteiger partial charge in [0.05, 0.1) is 35.4 Å². The maximum Gasteiger partial charge on any atom is 0.180 e. The lowest BCUT2D eigenvalue weighted by Gasteiger charge is -2.14. The van der Waals surface area contributed by atoms with Crippen LogP contribution in [0.2, 0.25) is 10.0 Å². The second-order valence-electron chi connectivity index (χ2n) is 6.24. The number of benzene rings is 3. The Kier molecular flexibility index (Phi) is 6.99. The van der Waals surface area contributed by atoms with Crippen LogP contribution in [0.3, 0.4) is 0 Å². The number of allylic oxidation sites excluding steroid dienone is 1. The van der Waals surface area contributed by atoms with Crippen molar-refractivity contribution in [1.29, 1.82) is 10.5 Å². The average Bonchev–Trinajstić information content (AvgIpc) is 2.77. The molecule has 0 aromatic heterocycles. The maximum absolute atomic E-state index is 9.58. The normalized spacial score (nSPS) is 10.8. The van der Waals surface area contributed by atoms with Crippen molar-refractivity contribution in [3.63, 3.8) is 0 Å². The van der Waals surface area contributed by atoms with E-state index in [0.29, 0.717) is 43.8 Å². The highest BCUT2D eigenvalue weighted by Crippen LogP contribution is 2.38. The quantitative estimate of drug-likeness (QED) is 0.327. The van der Waals surface area contributed by atoms with Gasteiger partial charge in [0, 0.05) is 16.1 Å². The van der Waals surface area contributed by atoms with Crippen LogP contribution in [-0.4, -0.2) is 7.11 Å². The molecule has 0 aliphatic carbocycles. The summed E-state index contributed by atoms with van der Waals surface area (Å²) in [6.45, 7) is 0.165. The van der Waals surface area contributed by atoms with Crippen molar-refractivity contribution in [1.82, 2.24) is 0 Å². The molecule has 6 heteroatoms. The van der Waals surface area contributed by atoms with E-state index in [1.54, 1.807) is 48.5 Å². The van der Waals surface area contributed by atoms with Gasteiger partial charge in [0.1, 0.15) is 6.61 Å². The van der Waals surface area contributed by atoms with E-state index >= 15 is 0 Å². The molecule has 0 bridgehead atoms. The number of hydrogen-bond donors (Lipinski definition) is 0. The molecule has 0 amide bonds. The van der Waals surface area contributed by atoms with Gasteiger partial charge in [0.15, 0.2) is 11.5 Å². The predicted octanol–water partition coefficient (Wildman–Crippen LogP) is 6.52. The molecule has 0 saturated heterocycles. The molecule has 3 aromatic carbocycles. The minimum Gasteiger partial charge on any atom is -0.493 e. The average molecular weight is 435 g/mol. The molecule has 0 unspecified atom stereocenters. The zero-order valence-electron chi connectivity index (χ0n) is 16.0. The molecule has 30 heavy (non-hydrogen) atoms. The molecule has 0 saturated carbocycles. The van der Waals surface area contributed by atoms with Crippen LogP contribution >= 0.6 is 23.2 Å². The summed E-state index contributed by atoms with van der Waals surface area (Å²) >= 11 is 12.7. The lowest BCUT2D eigenvalue weighted by atomic mass is 10.0. The summed E-state index contributed by atoms with van der Waals surface area (Å²) in [4.78, 5) is 0. The van der Waals surface area contributed by atoms with Crippen LogP contribution < -0.4 is 9.47 Å². The Hall–Kier alpha value is -3.44. The molecule has 0 N–H and O–H groups in total. The first kappa shape index (κ1) is 21.3. The second-order valence-corrected chi connectivity index (χ2v) is 7.06. The number of methoxy groups -OCH3 is 1. The fourth-order valence-corrected chi connectivity index (χ4v) is 3.40. The van der Waals surface area contributed by atoms with E-state index < -0.39 is 0 Å². The van der Waals surface area contributed by atoms with Crippen molar-refractivity contribution in [2.75, 3.05) is 7.11 Å². The summed E-state index contributed by atoms with van der Waals surface area (Å²) in [7, 11) is 1.51. The summed E-state index contributed by atoms with van der Waals surface area (Å²) in [5.74, 6) is 0.778. The smallest absolute Gasteiger partial charge is 0.180 e. The van der Waals surface area contributed by atoms with Gasteiger partial charge in [-0.05, 0) is 35.9 Å². The van der Waals surface area contributed by atoms with Crippen LogP contribution in [0.5, 0.6) is 11.5 Å². The molecule has 0 aliphatic heterocycles. The van der Waals surface area contributed by atoms with Gasteiger partial charge in [0.2, 0.25) is 0 Å². The number of nitriles is 2. The Morgan fingerprint density at radius 2 is 1.73 bits per heavy atom. The van der Waals surface area contributed by atoms with E-state index in [-0.39, 0.29) is 6.61 Å². The third kappa shape index (κ3) is 4.75. The highest BCUT2D eigenvalue weighted by atomic mass is 35.5. The molecule has 4 nitrogen and oxygen atoms in total. The Bertz CT molecular complexity index is 1190. The molecular weight excluding hydrogens is 419 g/mol. The third-order valence-electron chi connectivity index (χ3n) is 4.36. The number of nitrogens with zero attached hydrogens (tertiary/aromatic N) is 2. The third-order valence-corrected chi connectivity index (χ3v) is 4.97. The highest BCUT2D eigenvalue weighted by Gasteiger charge is 2.14. The summed E-state index contributed by atoms with van der Waals surface area (Å²) < 4.78 is 11.3. The van der Waals surface area contributed by atoms with E-state index in [1.807, 2.05) is 18.2 Å². The largest absolute Gasteiger partial charge is 0.493 e. The lowest BCUT2D eigenvalue weighted by Crippen LogP contribution is -2.01. The zero-order chi connectivity index (χ0) is 21.5. The van der Waals surface area contributed by atoms with Crippen molar-refractivity contribution in [3.05, 3.63) is 93.0 Å².